The molecule has 1 atom stereocenters. The number of hydrogen-bond donors (Lipinski definition) is 1. The summed E-state index contributed by atoms with van der Waals surface area (Å²) < 4.78 is 24.8. The predicted molar refractivity (Wildman–Crippen MR) is 99.9 cm³/mol. The van der Waals surface area contributed by atoms with E-state index in [4.69, 9.17) is 15.2 Å². The number of hydrogen-bond acceptors (Lipinski definition) is 3. The van der Waals surface area contributed by atoms with Crippen LogP contribution in [0, 0.1) is 5.82 Å². The maximum Gasteiger partial charge on any atom is 0.161 e. The normalized spacial score (nSPS) is 12.0. The number of rotatable bonds is 10. The van der Waals surface area contributed by atoms with Gasteiger partial charge in [-0.2, -0.15) is 0 Å². The van der Waals surface area contributed by atoms with Crippen LogP contribution >= 0.6 is 0 Å². The van der Waals surface area contributed by atoms with Crippen molar-refractivity contribution in [3.8, 4) is 11.5 Å². The maximum absolute atomic E-state index is 13.5. The van der Waals surface area contributed by atoms with Gasteiger partial charge in [0.2, 0.25) is 0 Å². The summed E-state index contributed by atoms with van der Waals surface area (Å²) in [6, 6.07) is 12.6. The quantitative estimate of drug-likeness (QED) is 0.636. The van der Waals surface area contributed by atoms with Crippen LogP contribution in [0.5, 0.6) is 11.5 Å². The van der Waals surface area contributed by atoms with Crippen LogP contribution in [0.2, 0.25) is 0 Å². The minimum Gasteiger partial charge on any atom is -0.493 e. The Kier molecular flexibility index (Phi) is 7.74. The molecule has 136 valence electrons. The van der Waals surface area contributed by atoms with Gasteiger partial charge in [0.15, 0.2) is 11.5 Å². The van der Waals surface area contributed by atoms with Crippen molar-refractivity contribution in [1.82, 2.24) is 0 Å². The van der Waals surface area contributed by atoms with Gasteiger partial charge in [-0.1, -0.05) is 38.0 Å². The molecule has 2 N–H and O–H groups in total. The Bertz CT molecular complexity index is 660. The second-order valence-electron chi connectivity index (χ2n) is 6.23. The summed E-state index contributed by atoms with van der Waals surface area (Å²) in [5, 5.41) is 0. The van der Waals surface area contributed by atoms with Crippen LogP contribution in [0.4, 0.5) is 4.39 Å². The van der Waals surface area contributed by atoms with Crippen molar-refractivity contribution in [1.29, 1.82) is 0 Å². The van der Waals surface area contributed by atoms with Crippen LogP contribution in [0.25, 0.3) is 0 Å². The summed E-state index contributed by atoms with van der Waals surface area (Å²) in [5.74, 6) is 1.32. The summed E-state index contributed by atoms with van der Waals surface area (Å²) in [4.78, 5) is 0. The maximum atomic E-state index is 13.5. The van der Waals surface area contributed by atoms with Crippen molar-refractivity contribution in [2.24, 2.45) is 5.73 Å². The van der Waals surface area contributed by atoms with Gasteiger partial charge in [0.1, 0.15) is 5.82 Å². The molecule has 0 amide bonds. The van der Waals surface area contributed by atoms with Crippen molar-refractivity contribution < 1.29 is 13.9 Å². The second-order valence-corrected chi connectivity index (χ2v) is 6.23. The Morgan fingerprint density at radius 1 is 1.08 bits per heavy atom. The highest BCUT2D eigenvalue weighted by atomic mass is 19.1. The lowest BCUT2D eigenvalue weighted by Gasteiger charge is -2.17. The first-order valence-corrected chi connectivity index (χ1v) is 8.93. The molecule has 0 aliphatic rings. The number of ether oxygens (including phenoxy) is 2. The predicted octanol–water partition coefficient (Wildman–Crippen LogP) is 4.69. The average Bonchev–Trinajstić information content (AvgIpc) is 2.63. The van der Waals surface area contributed by atoms with E-state index in [0.29, 0.717) is 13.2 Å². The molecule has 0 saturated heterocycles. The molecule has 0 saturated carbocycles. The van der Waals surface area contributed by atoms with Gasteiger partial charge in [0.25, 0.3) is 0 Å². The van der Waals surface area contributed by atoms with Gasteiger partial charge in [0, 0.05) is 5.92 Å². The zero-order valence-electron chi connectivity index (χ0n) is 15.1. The third-order valence-corrected chi connectivity index (χ3v) is 4.32. The largest absolute Gasteiger partial charge is 0.493 e. The highest BCUT2D eigenvalue weighted by Gasteiger charge is 2.13. The van der Waals surface area contributed by atoms with E-state index in [1.165, 1.54) is 12.5 Å². The van der Waals surface area contributed by atoms with Crippen molar-refractivity contribution in [2.45, 2.75) is 38.5 Å². The highest BCUT2D eigenvalue weighted by Crippen LogP contribution is 2.30. The Balaban J connectivity index is 2.08. The molecule has 0 aromatic heterocycles. The van der Waals surface area contributed by atoms with E-state index in [0.717, 1.165) is 41.9 Å². The minimum atomic E-state index is -0.232. The van der Waals surface area contributed by atoms with E-state index in [1.807, 2.05) is 24.3 Å². The summed E-state index contributed by atoms with van der Waals surface area (Å²) in [7, 11) is 1.64. The minimum absolute atomic E-state index is 0.0664. The monoisotopic (exact) mass is 345 g/mol. The zero-order chi connectivity index (χ0) is 18.1. The van der Waals surface area contributed by atoms with Crippen LogP contribution < -0.4 is 15.2 Å². The molecule has 2 aromatic rings. The smallest absolute Gasteiger partial charge is 0.161 e. The Morgan fingerprint density at radius 2 is 1.92 bits per heavy atom. The molecule has 0 aliphatic heterocycles. The summed E-state index contributed by atoms with van der Waals surface area (Å²) in [6.07, 6.45) is 4.09. The third kappa shape index (κ3) is 5.75. The van der Waals surface area contributed by atoms with E-state index in [-0.39, 0.29) is 11.7 Å². The van der Waals surface area contributed by atoms with Crippen LogP contribution in [0.3, 0.4) is 0 Å². The molecule has 0 heterocycles. The van der Waals surface area contributed by atoms with Gasteiger partial charge in [-0.15, -0.1) is 0 Å². The Labute approximate surface area is 150 Å². The third-order valence-electron chi connectivity index (χ3n) is 4.32. The zero-order valence-corrected chi connectivity index (χ0v) is 15.1. The van der Waals surface area contributed by atoms with Gasteiger partial charge in [-0.05, 0) is 54.8 Å². The molecular weight excluding hydrogens is 317 g/mol. The summed E-state index contributed by atoms with van der Waals surface area (Å²) >= 11 is 0. The lowest BCUT2D eigenvalue weighted by atomic mass is 9.92. The van der Waals surface area contributed by atoms with E-state index in [1.54, 1.807) is 19.2 Å². The molecule has 0 aliphatic carbocycles. The first-order valence-electron chi connectivity index (χ1n) is 8.93. The van der Waals surface area contributed by atoms with Gasteiger partial charge >= 0.3 is 0 Å². The lowest BCUT2D eigenvalue weighted by molar-refractivity contribution is 0.286. The van der Waals surface area contributed by atoms with E-state index >= 15 is 0 Å². The SMILES string of the molecule is CCCCCOc1ccc(CC(CN)c2cccc(F)c2)cc1OC. The first kappa shape index (κ1) is 19.3. The molecule has 3 nitrogen and oxygen atoms in total. The van der Waals surface area contributed by atoms with Crippen molar-refractivity contribution in [2.75, 3.05) is 20.3 Å². The van der Waals surface area contributed by atoms with E-state index in [2.05, 4.69) is 6.92 Å². The van der Waals surface area contributed by atoms with Gasteiger partial charge in [-0.3, -0.25) is 0 Å². The molecular formula is C21H28FNO2. The number of benzene rings is 2. The number of methoxy groups -OCH3 is 1. The Hall–Kier alpha value is -2.07. The van der Waals surface area contributed by atoms with Crippen LogP contribution in [0.1, 0.15) is 43.2 Å². The number of unbranched alkanes of at least 4 members (excludes halogenated alkanes) is 2. The van der Waals surface area contributed by atoms with E-state index < -0.39 is 0 Å². The molecule has 0 bridgehead atoms. The summed E-state index contributed by atoms with van der Waals surface area (Å²) in [6.45, 7) is 3.32. The fourth-order valence-electron chi connectivity index (χ4n) is 2.87. The van der Waals surface area contributed by atoms with Crippen LogP contribution in [-0.2, 0) is 6.42 Å². The van der Waals surface area contributed by atoms with Crippen molar-refractivity contribution in [3.63, 3.8) is 0 Å². The fraction of sp³-hybridized carbons (Fsp3) is 0.429. The topological polar surface area (TPSA) is 44.5 Å². The highest BCUT2D eigenvalue weighted by molar-refractivity contribution is 5.43. The lowest BCUT2D eigenvalue weighted by Crippen LogP contribution is -2.15. The first-order chi connectivity index (χ1) is 12.2. The second kappa shape index (κ2) is 10.0. The number of halogens is 1. The molecule has 1 unspecified atom stereocenters. The molecule has 0 fully saturated rings. The Morgan fingerprint density at radius 3 is 2.60 bits per heavy atom. The van der Waals surface area contributed by atoms with Crippen molar-refractivity contribution in [3.05, 3.63) is 59.4 Å². The standard InChI is InChI=1S/C21H28FNO2/c1-3-4-5-11-25-20-10-9-16(13-21(20)24-2)12-18(15-23)17-7-6-8-19(22)14-17/h6-10,13-14,18H,3-5,11-12,15,23H2,1-2H3. The van der Waals surface area contributed by atoms with E-state index in [9.17, 15) is 4.39 Å². The molecule has 4 heteroatoms. The molecule has 0 radical (unpaired) electrons. The van der Waals surface area contributed by atoms with Gasteiger partial charge < -0.3 is 15.2 Å². The van der Waals surface area contributed by atoms with Gasteiger partial charge in [-0.25, -0.2) is 4.39 Å². The molecule has 2 aromatic carbocycles. The number of nitrogens with two attached hydrogens (primary N) is 1. The summed E-state index contributed by atoms with van der Waals surface area (Å²) in [5.41, 5.74) is 7.93. The van der Waals surface area contributed by atoms with Crippen LogP contribution in [0.15, 0.2) is 42.5 Å². The van der Waals surface area contributed by atoms with Gasteiger partial charge in [0.05, 0.1) is 13.7 Å². The fourth-order valence-corrected chi connectivity index (χ4v) is 2.87. The molecule has 25 heavy (non-hydrogen) atoms. The van der Waals surface area contributed by atoms with Crippen LogP contribution in [-0.4, -0.2) is 20.3 Å². The molecule has 0 spiro atoms. The molecule has 2 rings (SSSR count). The average molecular weight is 345 g/mol. The van der Waals surface area contributed by atoms with Crippen molar-refractivity contribution >= 4 is 0 Å².